The van der Waals surface area contributed by atoms with Crippen LogP contribution in [0.25, 0.3) is 4.24 Å². The molecule has 0 spiro atoms. The van der Waals surface area contributed by atoms with Gasteiger partial charge in [0, 0.05) is 4.90 Å². The monoisotopic (exact) mass is 261 g/mol. The first-order chi connectivity index (χ1) is 5.56. The van der Waals surface area contributed by atoms with Gasteiger partial charge in [-0.3, -0.25) is 11.8 Å². The first-order valence-corrected chi connectivity index (χ1v) is 4.99. The normalized spacial score (nSPS) is 9.86. The van der Waals surface area contributed by atoms with Gasteiger partial charge in [-0.2, -0.15) is 9.90 Å². The summed E-state index contributed by atoms with van der Waals surface area (Å²) in [5.74, 6) is 0. The van der Waals surface area contributed by atoms with Crippen LogP contribution in [0.5, 0.6) is 0 Å². The molecule has 0 saturated heterocycles. The van der Waals surface area contributed by atoms with E-state index in [0.717, 1.165) is 5.56 Å². The van der Waals surface area contributed by atoms with E-state index in [-0.39, 0.29) is 44.4 Å². The Morgan fingerprint density at radius 2 is 1.64 bits per heavy atom. The van der Waals surface area contributed by atoms with Gasteiger partial charge in [0.05, 0.1) is 0 Å². The molecule has 0 aliphatic rings. The summed E-state index contributed by atoms with van der Waals surface area (Å²) in [6.45, 7) is 1.87. The maximum Gasteiger partial charge on any atom is 1.00 e. The van der Waals surface area contributed by atoms with Crippen molar-refractivity contribution in [3.63, 3.8) is 0 Å². The molecule has 1 unspecified atom stereocenters. The van der Waals surface area contributed by atoms with Crippen molar-refractivity contribution in [2.75, 3.05) is 0 Å². The van der Waals surface area contributed by atoms with E-state index < -0.39 is 10.0 Å². The zero-order valence-electron chi connectivity index (χ0n) is 8.07. The second-order valence-electron chi connectivity index (χ2n) is 2.36. The molecule has 0 aliphatic heterocycles. The summed E-state index contributed by atoms with van der Waals surface area (Å²) in [6, 6.07) is 6.32. The molecule has 3 nitrogen and oxygen atoms in total. The molecule has 1 rings (SSSR count). The van der Waals surface area contributed by atoms with Crippen molar-refractivity contribution in [2.24, 2.45) is 0 Å². The van der Waals surface area contributed by atoms with Crippen LogP contribution in [0.3, 0.4) is 0 Å². The average molecular weight is 262 g/mol. The third-order valence-corrected chi connectivity index (χ3v) is 3.00. The number of halogens is 1. The average Bonchev–Trinajstić information content (AvgIpc) is 2.05. The molecule has 1 aromatic carbocycles. The minimum Gasteiger partial charge on any atom is -0.458 e. The number of aryl methyl sites for hydroxylation is 1. The summed E-state index contributed by atoms with van der Waals surface area (Å²) in [5.41, 5.74) is 0.989. The number of nitrogens with zero attached hydrogens (tertiary/aromatic N) is 1. The maximum absolute atomic E-state index is 11.0. The Hall–Kier alpha value is 0.850. The van der Waals surface area contributed by atoms with Gasteiger partial charge in [0.1, 0.15) is 10.0 Å². The molecule has 0 heterocycles. The Kier molecular flexibility index (Phi) is 8.84. The predicted molar refractivity (Wildman–Crippen MR) is 58.7 cm³/mol. The fourth-order valence-corrected chi connectivity index (χ4v) is 1.55. The van der Waals surface area contributed by atoms with Gasteiger partial charge >= 0.3 is 29.6 Å². The van der Waals surface area contributed by atoms with Crippen LogP contribution in [-0.2, 0) is 10.0 Å². The molecule has 74 valence electrons. The molecule has 14 heavy (non-hydrogen) atoms. The van der Waals surface area contributed by atoms with E-state index in [1.165, 1.54) is 12.1 Å². The van der Waals surface area contributed by atoms with Gasteiger partial charge in [-0.1, -0.05) is 17.7 Å². The van der Waals surface area contributed by atoms with Gasteiger partial charge in [-0.25, -0.2) is 8.42 Å². The van der Waals surface area contributed by atoms with Crippen molar-refractivity contribution >= 4 is 31.7 Å². The number of hydrogen-bond donors (Lipinski definition) is 0. The number of sulfonamides is 1. The van der Waals surface area contributed by atoms with Crippen molar-refractivity contribution in [1.82, 2.24) is 0 Å². The number of benzene rings is 1. The zero-order valence-corrected chi connectivity index (χ0v) is 13.1. The van der Waals surface area contributed by atoms with E-state index in [0.29, 0.717) is 0 Å². The first-order valence-electron chi connectivity index (χ1n) is 3.21. The van der Waals surface area contributed by atoms with E-state index in [4.69, 9.17) is 11.8 Å². The summed E-state index contributed by atoms with van der Waals surface area (Å²) in [4.78, 5) is 0.114. The SMILES string of the molecule is Cc1ccc(S(=O)(=O)[N-]Cl)cc1.P.[Na+]. The summed E-state index contributed by atoms with van der Waals surface area (Å²) in [6.07, 6.45) is 0. The number of hydrogen-bond acceptors (Lipinski definition) is 2. The van der Waals surface area contributed by atoms with Gasteiger partial charge < -0.3 is 4.24 Å². The predicted octanol–water partition coefficient (Wildman–Crippen LogP) is -0.727. The van der Waals surface area contributed by atoms with Crippen molar-refractivity contribution in [3.05, 3.63) is 34.1 Å². The Balaban J connectivity index is 0. The van der Waals surface area contributed by atoms with E-state index in [1.54, 1.807) is 12.1 Å². The molecule has 0 bridgehead atoms. The quantitative estimate of drug-likeness (QED) is 0.521. The van der Waals surface area contributed by atoms with E-state index >= 15 is 0 Å². The second kappa shape index (κ2) is 7.18. The Labute approximate surface area is 115 Å². The van der Waals surface area contributed by atoms with Crippen LogP contribution >= 0.6 is 21.7 Å². The standard InChI is InChI=1S/C7H7ClNO2S.Na.H3P/c1-6-2-4-7(5-3-6)12(10,11)9-8;;/h2-5H,1H3;;1H3/q-1;+1;. The fourth-order valence-electron chi connectivity index (χ4n) is 0.750. The van der Waals surface area contributed by atoms with E-state index in [2.05, 4.69) is 4.24 Å². The first kappa shape index (κ1) is 17.3. The molecule has 1 aromatic rings. The van der Waals surface area contributed by atoms with Crippen molar-refractivity contribution in [2.45, 2.75) is 11.8 Å². The minimum absolute atomic E-state index is 0. The molecular weight excluding hydrogens is 252 g/mol. The Morgan fingerprint density at radius 1 is 1.21 bits per heavy atom. The molecule has 0 radical (unpaired) electrons. The zero-order chi connectivity index (χ0) is 9.19. The Morgan fingerprint density at radius 3 is 2.00 bits per heavy atom. The minimum atomic E-state index is -3.62. The van der Waals surface area contributed by atoms with E-state index in [1.807, 2.05) is 6.92 Å². The molecule has 7 heteroatoms. The summed E-state index contributed by atoms with van der Waals surface area (Å²) < 4.78 is 24.8. The number of rotatable bonds is 2. The third kappa shape index (κ3) is 4.58. The van der Waals surface area contributed by atoms with Crippen molar-refractivity contribution in [3.8, 4) is 0 Å². The van der Waals surface area contributed by atoms with Gasteiger partial charge in [0.2, 0.25) is 0 Å². The molecule has 0 N–H and O–H groups in total. The molecular formula is C7H10ClNNaO2PS. The largest absolute Gasteiger partial charge is 1.00 e. The molecule has 0 amide bonds. The molecule has 0 aliphatic carbocycles. The fraction of sp³-hybridized carbons (Fsp3) is 0.143. The van der Waals surface area contributed by atoms with Gasteiger partial charge in [0.25, 0.3) is 0 Å². The molecule has 1 atom stereocenters. The van der Waals surface area contributed by atoms with Crippen LogP contribution in [0.15, 0.2) is 29.2 Å². The van der Waals surface area contributed by atoms with Gasteiger partial charge in [-0.15, -0.1) is 0 Å². The third-order valence-electron chi connectivity index (χ3n) is 1.41. The van der Waals surface area contributed by atoms with Gasteiger partial charge in [0.15, 0.2) is 0 Å². The molecule has 0 aromatic heterocycles. The van der Waals surface area contributed by atoms with Crippen LogP contribution in [0.4, 0.5) is 0 Å². The van der Waals surface area contributed by atoms with Gasteiger partial charge in [-0.05, 0) is 19.1 Å². The topological polar surface area (TPSA) is 48.2 Å². The molecule has 0 saturated carbocycles. The van der Waals surface area contributed by atoms with Crippen LogP contribution in [0.1, 0.15) is 5.56 Å². The Bertz CT molecular complexity index is 368. The van der Waals surface area contributed by atoms with E-state index in [9.17, 15) is 8.42 Å². The van der Waals surface area contributed by atoms with Crippen molar-refractivity contribution in [1.29, 1.82) is 0 Å². The summed E-state index contributed by atoms with van der Waals surface area (Å²) in [7, 11) is -3.62. The molecule has 0 fully saturated rings. The summed E-state index contributed by atoms with van der Waals surface area (Å²) >= 11 is 4.90. The maximum atomic E-state index is 11.0. The van der Waals surface area contributed by atoms with Crippen LogP contribution < -0.4 is 29.6 Å². The summed E-state index contributed by atoms with van der Waals surface area (Å²) in [5, 5.41) is 0. The smallest absolute Gasteiger partial charge is 0.458 e. The van der Waals surface area contributed by atoms with Crippen LogP contribution in [0.2, 0.25) is 0 Å². The van der Waals surface area contributed by atoms with Crippen molar-refractivity contribution < 1.29 is 38.0 Å². The van der Waals surface area contributed by atoms with Crippen LogP contribution in [0, 0.1) is 6.92 Å². The van der Waals surface area contributed by atoms with Crippen LogP contribution in [-0.4, -0.2) is 8.42 Å². The second-order valence-corrected chi connectivity index (χ2v) is 4.33.